The van der Waals surface area contributed by atoms with Gasteiger partial charge in [0, 0.05) is 26.7 Å². The summed E-state index contributed by atoms with van der Waals surface area (Å²) in [6, 6.07) is -0.0578. The topological polar surface area (TPSA) is 102 Å². The van der Waals surface area contributed by atoms with E-state index in [4.69, 9.17) is 5.73 Å². The fourth-order valence-electron chi connectivity index (χ4n) is 2.34. The maximum Gasteiger partial charge on any atom is 0.329 e. The van der Waals surface area contributed by atoms with Crippen LogP contribution < -0.4 is 21.9 Å². The number of fused-ring (bicyclic) bond motifs is 1. The fourth-order valence-corrected chi connectivity index (χ4v) is 2.34. The molecule has 0 saturated heterocycles. The van der Waals surface area contributed by atoms with Gasteiger partial charge in [-0.3, -0.25) is 18.9 Å². The lowest BCUT2D eigenvalue weighted by Gasteiger charge is -2.20. The minimum atomic E-state index is -0.495. The zero-order valence-corrected chi connectivity index (χ0v) is 13.2. The van der Waals surface area contributed by atoms with Gasteiger partial charge >= 0.3 is 5.69 Å². The average molecular weight is 304 g/mol. The number of rotatable bonds is 4. The molecule has 8 heteroatoms. The molecule has 0 spiro atoms. The Kier molecular flexibility index (Phi) is 4.37. The predicted molar refractivity (Wildman–Crippen MR) is 86.0 cm³/mol. The van der Waals surface area contributed by atoms with Gasteiger partial charge in [-0.25, -0.2) is 4.79 Å². The van der Waals surface area contributed by atoms with Crippen LogP contribution in [-0.4, -0.2) is 38.7 Å². The van der Waals surface area contributed by atoms with Crippen LogP contribution in [0.3, 0.4) is 0 Å². The van der Waals surface area contributed by atoms with Gasteiger partial charge in [-0.15, -0.1) is 5.92 Å². The number of aryl methyl sites for hydroxylation is 1. The van der Waals surface area contributed by atoms with Crippen molar-refractivity contribution in [3.63, 3.8) is 0 Å². The van der Waals surface area contributed by atoms with Crippen LogP contribution in [-0.2, 0) is 13.6 Å². The van der Waals surface area contributed by atoms with Crippen molar-refractivity contribution >= 4 is 17.1 Å². The Labute approximate surface area is 127 Å². The van der Waals surface area contributed by atoms with Crippen molar-refractivity contribution in [1.29, 1.82) is 0 Å². The van der Waals surface area contributed by atoms with Crippen molar-refractivity contribution in [3.05, 3.63) is 20.8 Å². The van der Waals surface area contributed by atoms with E-state index in [1.165, 1.54) is 4.57 Å². The molecule has 0 aliphatic rings. The van der Waals surface area contributed by atoms with Gasteiger partial charge in [0.1, 0.15) is 0 Å². The van der Waals surface area contributed by atoms with Crippen LogP contribution in [0.15, 0.2) is 9.59 Å². The number of hydrogen-bond acceptors (Lipinski definition) is 5. The molecule has 0 fully saturated rings. The first-order valence-electron chi connectivity index (χ1n) is 6.92. The number of nitrogens with one attached hydrogen (secondary N) is 1. The van der Waals surface area contributed by atoms with E-state index >= 15 is 0 Å². The van der Waals surface area contributed by atoms with Gasteiger partial charge in [-0.2, -0.15) is 4.98 Å². The molecule has 0 radical (unpaired) electrons. The molecule has 0 unspecified atom stereocenters. The predicted octanol–water partition coefficient (Wildman–Crippen LogP) is -0.770. The molecule has 118 valence electrons. The standard InChI is InChI=1S/C14H20N6O2/c1-5-6-7-20-10-11(19(4)14(22)17-12(10)21)16-13(20)18(3)8-9(2)15/h9H,7-8,15H2,1-4H3,(H,17,21,22)/t9-/m0/s1. The third-order valence-electron chi connectivity index (χ3n) is 3.30. The normalized spacial score (nSPS) is 12.0. The number of imidazole rings is 1. The number of nitrogens with two attached hydrogens (primary N) is 1. The molecule has 1 atom stereocenters. The number of anilines is 1. The Morgan fingerprint density at radius 3 is 2.73 bits per heavy atom. The second kappa shape index (κ2) is 6.07. The summed E-state index contributed by atoms with van der Waals surface area (Å²) in [5, 5.41) is 0. The van der Waals surface area contributed by atoms with E-state index in [9.17, 15) is 9.59 Å². The third-order valence-corrected chi connectivity index (χ3v) is 3.30. The number of nitrogens with zero attached hydrogens (tertiary/aromatic N) is 4. The molecule has 3 N–H and O–H groups in total. The van der Waals surface area contributed by atoms with E-state index in [1.54, 1.807) is 18.5 Å². The summed E-state index contributed by atoms with van der Waals surface area (Å²) in [5.74, 6) is 6.29. The van der Waals surface area contributed by atoms with E-state index < -0.39 is 11.2 Å². The van der Waals surface area contributed by atoms with Crippen LogP contribution >= 0.6 is 0 Å². The van der Waals surface area contributed by atoms with Crippen LogP contribution in [0.1, 0.15) is 13.8 Å². The van der Waals surface area contributed by atoms with Crippen LogP contribution in [0.5, 0.6) is 0 Å². The molecule has 0 saturated carbocycles. The van der Waals surface area contributed by atoms with Crippen molar-refractivity contribution in [2.24, 2.45) is 12.8 Å². The lowest BCUT2D eigenvalue weighted by molar-refractivity contribution is 0.689. The minimum absolute atomic E-state index is 0.0578. The second-order valence-electron chi connectivity index (χ2n) is 5.27. The van der Waals surface area contributed by atoms with Crippen LogP contribution in [0.2, 0.25) is 0 Å². The molecule has 0 amide bonds. The molecular weight excluding hydrogens is 284 g/mol. The summed E-state index contributed by atoms with van der Waals surface area (Å²) in [5.41, 5.74) is 5.53. The molecule has 2 aromatic heterocycles. The highest BCUT2D eigenvalue weighted by Gasteiger charge is 2.19. The first kappa shape index (κ1) is 15.9. The van der Waals surface area contributed by atoms with Gasteiger partial charge in [0.15, 0.2) is 11.2 Å². The first-order chi connectivity index (χ1) is 10.4. The fraction of sp³-hybridized carbons (Fsp3) is 0.500. The lowest BCUT2D eigenvalue weighted by Crippen LogP contribution is -2.34. The number of hydrogen-bond donors (Lipinski definition) is 2. The Morgan fingerprint density at radius 2 is 2.14 bits per heavy atom. The first-order valence-corrected chi connectivity index (χ1v) is 6.92. The molecule has 22 heavy (non-hydrogen) atoms. The van der Waals surface area contributed by atoms with E-state index in [0.29, 0.717) is 30.2 Å². The maximum atomic E-state index is 12.2. The molecule has 8 nitrogen and oxygen atoms in total. The largest absolute Gasteiger partial charge is 0.344 e. The Hall–Kier alpha value is -2.53. The maximum absolute atomic E-state index is 12.2. The van der Waals surface area contributed by atoms with E-state index in [0.717, 1.165) is 0 Å². The van der Waals surface area contributed by atoms with Crippen molar-refractivity contribution in [2.75, 3.05) is 18.5 Å². The molecule has 0 aliphatic carbocycles. The summed E-state index contributed by atoms with van der Waals surface area (Å²) in [7, 11) is 3.41. The van der Waals surface area contributed by atoms with Gasteiger partial charge in [0.05, 0.1) is 6.54 Å². The summed E-state index contributed by atoms with van der Waals surface area (Å²) in [4.78, 5) is 32.5. The highest BCUT2D eigenvalue weighted by Crippen LogP contribution is 2.18. The Morgan fingerprint density at radius 1 is 1.45 bits per heavy atom. The molecule has 2 heterocycles. The summed E-state index contributed by atoms with van der Waals surface area (Å²) in [6.07, 6.45) is 0. The molecule has 0 aliphatic heterocycles. The van der Waals surface area contributed by atoms with Crippen molar-refractivity contribution in [2.45, 2.75) is 26.4 Å². The smallest absolute Gasteiger partial charge is 0.329 e. The van der Waals surface area contributed by atoms with Gasteiger partial charge < -0.3 is 10.6 Å². The van der Waals surface area contributed by atoms with Gasteiger partial charge in [0.2, 0.25) is 5.95 Å². The number of H-pyrrole nitrogens is 1. The highest BCUT2D eigenvalue weighted by atomic mass is 16.2. The Balaban J connectivity index is 2.76. The van der Waals surface area contributed by atoms with Gasteiger partial charge in [-0.1, -0.05) is 5.92 Å². The molecule has 2 rings (SSSR count). The van der Waals surface area contributed by atoms with E-state index in [-0.39, 0.29) is 6.04 Å². The van der Waals surface area contributed by atoms with Crippen molar-refractivity contribution < 1.29 is 0 Å². The molecule has 0 aromatic carbocycles. The summed E-state index contributed by atoms with van der Waals surface area (Å²) in [6.45, 7) is 4.49. The van der Waals surface area contributed by atoms with E-state index in [1.807, 2.05) is 18.9 Å². The SMILES string of the molecule is CC#CCn1c(N(C)C[C@H](C)N)nc2c1c(=O)[nH]c(=O)n2C. The van der Waals surface area contributed by atoms with Crippen LogP contribution in [0, 0.1) is 11.8 Å². The molecular formula is C14H20N6O2. The van der Waals surface area contributed by atoms with Gasteiger partial charge in [-0.05, 0) is 13.8 Å². The monoisotopic (exact) mass is 304 g/mol. The third kappa shape index (κ3) is 2.76. The minimum Gasteiger partial charge on any atom is -0.344 e. The number of aromatic amines is 1. The van der Waals surface area contributed by atoms with Crippen LogP contribution in [0.25, 0.3) is 11.2 Å². The lowest BCUT2D eigenvalue weighted by atomic mass is 10.3. The van der Waals surface area contributed by atoms with Crippen molar-refractivity contribution in [1.82, 2.24) is 19.1 Å². The molecule has 0 bridgehead atoms. The summed E-state index contributed by atoms with van der Waals surface area (Å²) < 4.78 is 3.02. The average Bonchev–Trinajstić information content (AvgIpc) is 2.82. The Bertz CT molecular complexity index is 862. The van der Waals surface area contributed by atoms with Crippen molar-refractivity contribution in [3.8, 4) is 11.8 Å². The van der Waals surface area contributed by atoms with Crippen LogP contribution in [0.4, 0.5) is 5.95 Å². The zero-order chi connectivity index (χ0) is 16.4. The number of likely N-dealkylation sites (N-methyl/N-ethyl adjacent to an activating group) is 1. The summed E-state index contributed by atoms with van der Waals surface area (Å²) >= 11 is 0. The van der Waals surface area contributed by atoms with Gasteiger partial charge in [0.25, 0.3) is 5.56 Å². The quantitative estimate of drug-likeness (QED) is 0.722. The van der Waals surface area contributed by atoms with E-state index in [2.05, 4.69) is 21.8 Å². The highest BCUT2D eigenvalue weighted by molar-refractivity contribution is 5.74. The molecule has 2 aromatic rings. The number of aromatic nitrogens is 4. The second-order valence-corrected chi connectivity index (χ2v) is 5.27. The zero-order valence-electron chi connectivity index (χ0n) is 13.2.